The van der Waals surface area contributed by atoms with Crippen molar-refractivity contribution < 1.29 is 5.11 Å². The van der Waals surface area contributed by atoms with Crippen molar-refractivity contribution in [3.05, 3.63) is 6.92 Å². The molecule has 0 aliphatic rings. The summed E-state index contributed by atoms with van der Waals surface area (Å²) < 4.78 is 0. The van der Waals surface area contributed by atoms with Gasteiger partial charge in [0.05, 0.1) is 0 Å². The molecule has 0 atom stereocenters. The van der Waals surface area contributed by atoms with Crippen LogP contribution >= 0.6 is 0 Å². The standard InChI is InChI=1S/C5H11O.C4H9.Mg/c1-2-3-4-5-6;1-3-4-2;/h2-5H2,1H3;1,3-4H2,2H3;/q2*-1;+2. The predicted octanol–water partition coefficient (Wildman–Crippen LogP) is 1.78. The molecule has 0 aromatic heterocycles. The zero-order chi connectivity index (χ0) is 8.24. The molecule has 0 bridgehead atoms. The second-order valence-corrected chi connectivity index (χ2v) is 2.26. The van der Waals surface area contributed by atoms with Crippen molar-refractivity contribution in [2.75, 3.05) is 6.61 Å². The topological polar surface area (TPSA) is 23.1 Å². The molecule has 0 aromatic carbocycles. The zero-order valence-electron chi connectivity index (χ0n) is 8.07. The Morgan fingerprint density at radius 1 is 1.09 bits per heavy atom. The van der Waals surface area contributed by atoms with Crippen LogP contribution in [-0.4, -0.2) is 29.7 Å². The van der Waals surface area contributed by atoms with E-state index in [1.807, 2.05) is 0 Å². The van der Waals surface area contributed by atoms with Crippen molar-refractivity contribution in [3.8, 4) is 0 Å². The summed E-state index contributed by atoms with van der Waals surface area (Å²) in [6.45, 7) is 7.92. The zero-order valence-corrected chi connectivity index (χ0v) is 9.48. The molecule has 0 unspecified atom stereocenters. The van der Waals surface area contributed by atoms with Gasteiger partial charge in [0.15, 0.2) is 0 Å². The first-order valence-corrected chi connectivity index (χ1v) is 4.20. The predicted molar refractivity (Wildman–Crippen MR) is 50.4 cm³/mol. The maximum absolute atomic E-state index is 9.69. The minimum atomic E-state index is 0. The van der Waals surface area contributed by atoms with Crippen LogP contribution in [0.3, 0.4) is 0 Å². The second-order valence-electron chi connectivity index (χ2n) is 2.26. The van der Waals surface area contributed by atoms with Crippen LogP contribution in [0.25, 0.3) is 0 Å². The monoisotopic (exact) mass is 168 g/mol. The van der Waals surface area contributed by atoms with E-state index in [0.29, 0.717) is 0 Å². The van der Waals surface area contributed by atoms with E-state index < -0.39 is 0 Å². The van der Waals surface area contributed by atoms with Crippen LogP contribution in [0.4, 0.5) is 0 Å². The molecule has 0 aromatic rings. The maximum atomic E-state index is 9.69. The van der Waals surface area contributed by atoms with Crippen molar-refractivity contribution in [1.29, 1.82) is 0 Å². The molecule has 0 aliphatic heterocycles. The van der Waals surface area contributed by atoms with E-state index in [-0.39, 0.29) is 29.7 Å². The number of hydrogen-bond donors (Lipinski definition) is 0. The number of rotatable bonds is 4. The molecule has 64 valence electrons. The Balaban J connectivity index is -0.000000114. The van der Waals surface area contributed by atoms with E-state index in [0.717, 1.165) is 25.7 Å². The summed E-state index contributed by atoms with van der Waals surface area (Å²) >= 11 is 0. The van der Waals surface area contributed by atoms with Gasteiger partial charge in [-0.3, -0.25) is 0 Å². The molecule has 0 radical (unpaired) electrons. The molecule has 0 heterocycles. The first-order chi connectivity index (χ1) is 4.83. The third-order valence-corrected chi connectivity index (χ3v) is 1.10. The Morgan fingerprint density at radius 3 is 1.64 bits per heavy atom. The van der Waals surface area contributed by atoms with Gasteiger partial charge in [0.1, 0.15) is 0 Å². The van der Waals surface area contributed by atoms with Crippen molar-refractivity contribution in [2.45, 2.75) is 46.0 Å². The molecule has 1 nitrogen and oxygen atoms in total. The van der Waals surface area contributed by atoms with Crippen molar-refractivity contribution in [3.63, 3.8) is 0 Å². The average Bonchev–Trinajstić information content (AvgIpc) is 2.01. The summed E-state index contributed by atoms with van der Waals surface area (Å²) in [5.74, 6) is 0. The molecule has 11 heavy (non-hydrogen) atoms. The van der Waals surface area contributed by atoms with Gasteiger partial charge in [-0.25, -0.2) is 0 Å². The fourth-order valence-electron chi connectivity index (χ4n) is 0.352. The molecule has 0 saturated carbocycles. The molecule has 0 aliphatic carbocycles. The van der Waals surface area contributed by atoms with E-state index in [2.05, 4.69) is 20.8 Å². The summed E-state index contributed by atoms with van der Waals surface area (Å²) in [5, 5.41) is 9.69. The fourth-order valence-corrected chi connectivity index (χ4v) is 0.352. The molecule has 2 heteroatoms. The van der Waals surface area contributed by atoms with Gasteiger partial charge < -0.3 is 12.0 Å². The SMILES string of the molecule is CCCCC[O-].[CH2-]CCC.[Mg+2]. The van der Waals surface area contributed by atoms with Crippen LogP contribution in [0.1, 0.15) is 46.0 Å². The van der Waals surface area contributed by atoms with Crippen molar-refractivity contribution >= 4 is 23.1 Å². The first kappa shape index (κ1) is 17.7. The van der Waals surface area contributed by atoms with Crippen LogP contribution in [0.5, 0.6) is 0 Å². The summed E-state index contributed by atoms with van der Waals surface area (Å²) in [6, 6.07) is 0. The van der Waals surface area contributed by atoms with Gasteiger partial charge in [-0.15, -0.1) is 6.61 Å². The average molecular weight is 169 g/mol. The van der Waals surface area contributed by atoms with Gasteiger partial charge in [0.25, 0.3) is 0 Å². The van der Waals surface area contributed by atoms with Gasteiger partial charge in [0, 0.05) is 0 Å². The van der Waals surface area contributed by atoms with Crippen molar-refractivity contribution in [2.24, 2.45) is 0 Å². The smallest absolute Gasteiger partial charge is 0.854 e. The Bertz CT molecular complexity index is 34.5. The van der Waals surface area contributed by atoms with E-state index >= 15 is 0 Å². The van der Waals surface area contributed by atoms with E-state index in [4.69, 9.17) is 0 Å². The Kier molecular flexibility index (Phi) is 36.1. The number of hydrogen-bond acceptors (Lipinski definition) is 1. The second kappa shape index (κ2) is 22.4. The summed E-state index contributed by atoms with van der Waals surface area (Å²) in [7, 11) is 0. The minimum absolute atomic E-state index is 0. The maximum Gasteiger partial charge on any atom is 2.00 e. The van der Waals surface area contributed by atoms with Crippen LogP contribution in [0.15, 0.2) is 0 Å². The minimum Gasteiger partial charge on any atom is -0.854 e. The van der Waals surface area contributed by atoms with Gasteiger partial charge in [0.2, 0.25) is 0 Å². The molecular formula is C9H20MgO. The van der Waals surface area contributed by atoms with Gasteiger partial charge in [-0.1, -0.05) is 39.5 Å². The summed E-state index contributed by atoms with van der Waals surface area (Å²) in [4.78, 5) is 0. The van der Waals surface area contributed by atoms with Gasteiger partial charge >= 0.3 is 23.1 Å². The van der Waals surface area contributed by atoms with E-state index in [1.165, 1.54) is 6.42 Å². The van der Waals surface area contributed by atoms with Crippen molar-refractivity contribution in [1.82, 2.24) is 0 Å². The van der Waals surface area contributed by atoms with E-state index in [1.54, 1.807) is 0 Å². The van der Waals surface area contributed by atoms with Crippen LogP contribution in [-0.2, 0) is 0 Å². The van der Waals surface area contributed by atoms with Crippen LogP contribution in [0.2, 0.25) is 0 Å². The van der Waals surface area contributed by atoms with Gasteiger partial charge in [-0.05, 0) is 0 Å². The fraction of sp³-hybridized carbons (Fsp3) is 0.889. The van der Waals surface area contributed by atoms with Gasteiger partial charge in [-0.2, -0.15) is 6.42 Å². The van der Waals surface area contributed by atoms with Crippen LogP contribution in [0, 0.1) is 6.92 Å². The third kappa shape index (κ3) is 36.6. The third-order valence-electron chi connectivity index (χ3n) is 1.10. The molecule has 0 amide bonds. The quantitative estimate of drug-likeness (QED) is 0.357. The normalized spacial score (nSPS) is 7.64. The van der Waals surface area contributed by atoms with Crippen LogP contribution < -0.4 is 5.11 Å². The molecular weight excluding hydrogens is 148 g/mol. The largest absolute Gasteiger partial charge is 2.00 e. The molecule has 0 spiro atoms. The molecule has 0 fully saturated rings. The molecule has 0 rings (SSSR count). The molecule has 0 saturated heterocycles. The Hall–Kier alpha value is 0.726. The molecule has 0 N–H and O–H groups in total. The first-order valence-electron chi connectivity index (χ1n) is 4.20. The Labute approximate surface area is 87.7 Å². The summed E-state index contributed by atoms with van der Waals surface area (Å²) in [6.07, 6.45) is 5.39. The Morgan fingerprint density at radius 2 is 1.55 bits per heavy atom. The summed E-state index contributed by atoms with van der Waals surface area (Å²) in [5.41, 5.74) is 0. The van der Waals surface area contributed by atoms with E-state index in [9.17, 15) is 5.11 Å². The number of unbranched alkanes of at least 4 members (excludes halogenated alkanes) is 3.